The third-order valence-corrected chi connectivity index (χ3v) is 12.3. The summed E-state index contributed by atoms with van der Waals surface area (Å²) in [5.74, 6) is -0.164. The van der Waals surface area contributed by atoms with Gasteiger partial charge in [-0.05, 0) is 49.5 Å². The average molecular weight is 568 g/mol. The number of anilines is 1. The Balaban J connectivity index is 2.17. The number of hydrogen-bond acceptors (Lipinski definition) is 7. The summed E-state index contributed by atoms with van der Waals surface area (Å²) in [6.45, 7) is 20.1. The van der Waals surface area contributed by atoms with Gasteiger partial charge in [-0.3, -0.25) is 4.79 Å². The fourth-order valence-corrected chi connectivity index (χ4v) is 5.17. The molecule has 3 aromatic rings. The molecule has 8 nitrogen and oxygen atoms in total. The molecule has 1 aromatic carbocycles. The highest BCUT2D eigenvalue weighted by Crippen LogP contribution is 2.38. The number of hydrogen-bond donors (Lipinski definition) is 1. The summed E-state index contributed by atoms with van der Waals surface area (Å²) in [6.07, 6.45) is 1.58. The molecule has 0 bridgehead atoms. The molecule has 2 aromatic heterocycles. The van der Waals surface area contributed by atoms with E-state index in [9.17, 15) is 9.59 Å². The molecule has 0 aliphatic heterocycles. The first-order valence-corrected chi connectivity index (χ1v) is 16.8. The Morgan fingerprint density at radius 3 is 2.35 bits per heavy atom. The summed E-state index contributed by atoms with van der Waals surface area (Å²) < 4.78 is 19.5. The number of nitrogens with one attached hydrogen (secondary N) is 1. The van der Waals surface area contributed by atoms with Gasteiger partial charge in [0.15, 0.2) is 8.32 Å². The SMILES string of the molecule is CCOC(=O)c1cn(C(CO[Si](C)(C)C(C)(C)C)C(C)C)c2nc(OC)c(NCc3ccc(C)cc3)cc2c1=O. The fourth-order valence-electron chi connectivity index (χ4n) is 4.15. The number of benzene rings is 1. The highest BCUT2D eigenvalue weighted by molar-refractivity contribution is 6.74. The number of carbonyl (C=O) groups excluding carboxylic acids is 1. The molecular formula is C31H45N3O5Si. The van der Waals surface area contributed by atoms with Crippen molar-refractivity contribution in [3.05, 3.63) is 63.4 Å². The second kappa shape index (κ2) is 12.6. The van der Waals surface area contributed by atoms with Crippen molar-refractivity contribution in [2.24, 2.45) is 5.92 Å². The maximum Gasteiger partial charge on any atom is 0.343 e. The molecule has 0 saturated carbocycles. The first-order valence-electron chi connectivity index (χ1n) is 13.9. The van der Waals surface area contributed by atoms with Gasteiger partial charge in [0.2, 0.25) is 11.3 Å². The van der Waals surface area contributed by atoms with Crippen LogP contribution in [-0.2, 0) is 15.7 Å². The Hall–Kier alpha value is -3.17. The minimum atomic E-state index is -2.07. The number of fused-ring (bicyclic) bond motifs is 1. The lowest BCUT2D eigenvalue weighted by Crippen LogP contribution is -2.42. The number of esters is 1. The van der Waals surface area contributed by atoms with Gasteiger partial charge in [-0.1, -0.05) is 64.4 Å². The van der Waals surface area contributed by atoms with Gasteiger partial charge in [0.1, 0.15) is 11.2 Å². The molecule has 0 fully saturated rings. The topological polar surface area (TPSA) is 91.7 Å². The van der Waals surface area contributed by atoms with Crippen LogP contribution in [0.5, 0.6) is 5.88 Å². The van der Waals surface area contributed by atoms with Gasteiger partial charge in [-0.15, -0.1) is 0 Å². The zero-order valence-corrected chi connectivity index (χ0v) is 26.7. The van der Waals surface area contributed by atoms with E-state index in [1.54, 1.807) is 26.3 Å². The maximum atomic E-state index is 13.7. The summed E-state index contributed by atoms with van der Waals surface area (Å²) in [7, 11) is -0.511. The van der Waals surface area contributed by atoms with E-state index in [4.69, 9.17) is 18.9 Å². The number of ether oxygens (including phenoxy) is 2. The van der Waals surface area contributed by atoms with Gasteiger partial charge < -0.3 is 23.8 Å². The van der Waals surface area contributed by atoms with Crippen molar-refractivity contribution in [3.63, 3.8) is 0 Å². The summed E-state index contributed by atoms with van der Waals surface area (Å²) in [5, 5.41) is 3.71. The van der Waals surface area contributed by atoms with Crippen molar-refractivity contribution >= 4 is 31.0 Å². The molecule has 0 aliphatic rings. The predicted octanol–water partition coefficient (Wildman–Crippen LogP) is 6.72. The fraction of sp³-hybridized carbons (Fsp3) is 0.516. The van der Waals surface area contributed by atoms with Crippen LogP contribution in [0.2, 0.25) is 18.1 Å². The molecule has 0 spiro atoms. The van der Waals surface area contributed by atoms with Crippen molar-refractivity contribution in [2.75, 3.05) is 25.6 Å². The zero-order valence-electron chi connectivity index (χ0n) is 25.7. The van der Waals surface area contributed by atoms with Crippen LogP contribution in [0.4, 0.5) is 5.69 Å². The second-order valence-corrected chi connectivity index (χ2v) is 16.9. The van der Waals surface area contributed by atoms with Crippen LogP contribution >= 0.6 is 0 Å². The molecule has 1 atom stereocenters. The van der Waals surface area contributed by atoms with E-state index < -0.39 is 19.7 Å². The predicted molar refractivity (Wildman–Crippen MR) is 164 cm³/mol. The van der Waals surface area contributed by atoms with Gasteiger partial charge in [0, 0.05) is 12.7 Å². The first kappa shape index (κ1) is 31.4. The highest BCUT2D eigenvalue weighted by atomic mass is 28.4. The van der Waals surface area contributed by atoms with Crippen LogP contribution in [-0.4, -0.2) is 44.2 Å². The molecule has 0 radical (unpaired) electrons. The Morgan fingerprint density at radius 1 is 1.15 bits per heavy atom. The summed E-state index contributed by atoms with van der Waals surface area (Å²) in [6, 6.07) is 9.73. The second-order valence-electron chi connectivity index (χ2n) is 12.1. The minimum Gasteiger partial charge on any atom is -0.479 e. The third kappa shape index (κ3) is 6.93. The van der Waals surface area contributed by atoms with Gasteiger partial charge in [0.25, 0.3) is 0 Å². The Bertz CT molecular complexity index is 1390. The monoisotopic (exact) mass is 567 g/mol. The molecule has 218 valence electrons. The van der Waals surface area contributed by atoms with E-state index in [1.807, 2.05) is 23.6 Å². The summed E-state index contributed by atoms with van der Waals surface area (Å²) in [4.78, 5) is 31.4. The number of pyridine rings is 2. The third-order valence-electron chi connectivity index (χ3n) is 7.81. The van der Waals surface area contributed by atoms with Crippen molar-refractivity contribution < 1.29 is 18.7 Å². The van der Waals surface area contributed by atoms with Crippen LogP contribution in [0.1, 0.15) is 69.1 Å². The van der Waals surface area contributed by atoms with Crippen LogP contribution in [0, 0.1) is 12.8 Å². The summed E-state index contributed by atoms with van der Waals surface area (Å²) >= 11 is 0. The van der Waals surface area contributed by atoms with E-state index >= 15 is 0 Å². The number of methoxy groups -OCH3 is 1. The van der Waals surface area contributed by atoms with E-state index in [1.165, 1.54) is 5.56 Å². The van der Waals surface area contributed by atoms with Crippen LogP contribution in [0.15, 0.2) is 41.3 Å². The van der Waals surface area contributed by atoms with E-state index in [0.717, 1.165) is 5.56 Å². The average Bonchev–Trinajstić information content (AvgIpc) is 2.88. The molecule has 40 heavy (non-hydrogen) atoms. The normalized spacial score (nSPS) is 13.0. The first-order chi connectivity index (χ1) is 18.7. The molecule has 9 heteroatoms. The lowest BCUT2D eigenvalue weighted by Gasteiger charge is -2.38. The van der Waals surface area contributed by atoms with E-state index in [2.05, 4.69) is 65.2 Å². The largest absolute Gasteiger partial charge is 0.479 e. The molecule has 0 saturated heterocycles. The molecule has 2 heterocycles. The Kier molecular flexibility index (Phi) is 9.84. The molecule has 1 unspecified atom stereocenters. The Labute approximate surface area is 239 Å². The van der Waals surface area contributed by atoms with E-state index in [-0.39, 0.29) is 29.2 Å². The smallest absolute Gasteiger partial charge is 0.343 e. The molecule has 3 rings (SSSR count). The van der Waals surface area contributed by atoms with Crippen molar-refractivity contribution in [3.8, 4) is 5.88 Å². The quantitative estimate of drug-likeness (QED) is 0.203. The maximum absolute atomic E-state index is 13.7. The highest BCUT2D eigenvalue weighted by Gasteiger charge is 2.38. The minimum absolute atomic E-state index is 0.0243. The van der Waals surface area contributed by atoms with E-state index in [0.29, 0.717) is 35.8 Å². The Morgan fingerprint density at radius 2 is 1.80 bits per heavy atom. The molecule has 0 aliphatic carbocycles. The van der Waals surface area contributed by atoms with Crippen LogP contribution in [0.25, 0.3) is 11.0 Å². The number of aryl methyl sites for hydroxylation is 1. The zero-order chi connectivity index (χ0) is 29.8. The number of carbonyl (C=O) groups is 1. The lowest BCUT2D eigenvalue weighted by atomic mass is 10.0. The number of nitrogens with zero attached hydrogens (tertiary/aromatic N) is 2. The van der Waals surface area contributed by atoms with Gasteiger partial charge in [0.05, 0.1) is 37.4 Å². The number of rotatable bonds is 11. The standard InChI is InChI=1S/C31H45N3O5Si/c1-11-38-30(36)24-18-34(26(20(2)3)19-39-40(9,10)31(5,6)7)28-23(27(24)35)16-25(29(33-28)37-8)32-17-22-14-12-21(4)13-15-22/h12-16,18,20,26,32H,11,17,19H2,1-10H3. The van der Waals surface area contributed by atoms with Crippen molar-refractivity contribution in [1.82, 2.24) is 9.55 Å². The molecule has 1 N–H and O–H groups in total. The van der Waals surface area contributed by atoms with Crippen LogP contribution < -0.4 is 15.5 Å². The van der Waals surface area contributed by atoms with Crippen molar-refractivity contribution in [1.29, 1.82) is 0 Å². The number of aromatic nitrogens is 2. The van der Waals surface area contributed by atoms with Crippen LogP contribution in [0.3, 0.4) is 0 Å². The van der Waals surface area contributed by atoms with Gasteiger partial charge >= 0.3 is 5.97 Å². The molecule has 0 amide bonds. The summed E-state index contributed by atoms with van der Waals surface area (Å²) in [5.41, 5.74) is 2.81. The van der Waals surface area contributed by atoms with Crippen molar-refractivity contribution in [2.45, 2.75) is 79.2 Å². The lowest BCUT2D eigenvalue weighted by molar-refractivity contribution is 0.0523. The van der Waals surface area contributed by atoms with Gasteiger partial charge in [-0.25, -0.2) is 4.79 Å². The molecular weight excluding hydrogens is 522 g/mol. The van der Waals surface area contributed by atoms with Gasteiger partial charge in [-0.2, -0.15) is 4.98 Å².